The molecule has 0 aromatic carbocycles. The minimum absolute atomic E-state index is 0.0173. The highest BCUT2D eigenvalue weighted by atomic mass is 16.5. The largest absolute Gasteiger partial charge is 0.481 e. The molecule has 2 heterocycles. The molecule has 0 amide bonds. The first-order valence-electron chi connectivity index (χ1n) is 7.69. The standard InChI is InChI=1S/C15H21N5O/c1-21-13-6-12(17-9-18-13)20-8-15(19-14(20)16)7-10-2-4-11(15)5-3-10/h6,9-11H,2-5,7-8H2,1H3,(H2,16,19). The van der Waals surface area contributed by atoms with Crippen molar-refractivity contribution in [2.45, 2.75) is 37.6 Å². The molecule has 1 aromatic heterocycles. The van der Waals surface area contributed by atoms with E-state index in [1.807, 2.05) is 11.0 Å². The van der Waals surface area contributed by atoms with E-state index in [4.69, 9.17) is 15.5 Å². The number of nitrogens with two attached hydrogens (primary N) is 1. The lowest BCUT2D eigenvalue weighted by Crippen LogP contribution is -2.49. The fourth-order valence-electron chi connectivity index (χ4n) is 4.37. The normalized spacial score (nSPS) is 34.3. The van der Waals surface area contributed by atoms with E-state index in [2.05, 4.69) is 9.97 Å². The molecule has 6 heteroatoms. The maximum absolute atomic E-state index is 6.21. The van der Waals surface area contributed by atoms with Crippen molar-refractivity contribution in [1.29, 1.82) is 0 Å². The summed E-state index contributed by atoms with van der Waals surface area (Å²) in [4.78, 5) is 15.3. The topological polar surface area (TPSA) is 76.6 Å². The summed E-state index contributed by atoms with van der Waals surface area (Å²) < 4.78 is 5.18. The van der Waals surface area contributed by atoms with Crippen molar-refractivity contribution in [1.82, 2.24) is 9.97 Å². The van der Waals surface area contributed by atoms with E-state index < -0.39 is 0 Å². The molecule has 6 nitrogen and oxygen atoms in total. The number of rotatable bonds is 2. The van der Waals surface area contributed by atoms with Gasteiger partial charge in [0.15, 0.2) is 5.96 Å². The molecule has 1 atom stereocenters. The summed E-state index contributed by atoms with van der Waals surface area (Å²) in [7, 11) is 1.61. The third-order valence-corrected chi connectivity index (χ3v) is 5.41. The molecule has 3 aliphatic carbocycles. The molecule has 2 N–H and O–H groups in total. The molecule has 3 saturated carbocycles. The minimum Gasteiger partial charge on any atom is -0.481 e. The fourth-order valence-corrected chi connectivity index (χ4v) is 4.37. The first-order valence-corrected chi connectivity index (χ1v) is 7.69. The van der Waals surface area contributed by atoms with Crippen LogP contribution in [-0.4, -0.2) is 35.1 Å². The van der Waals surface area contributed by atoms with Gasteiger partial charge in [0.2, 0.25) is 5.88 Å². The van der Waals surface area contributed by atoms with Gasteiger partial charge in [-0.1, -0.05) is 12.8 Å². The van der Waals surface area contributed by atoms with Crippen LogP contribution in [0.25, 0.3) is 0 Å². The molecule has 2 bridgehead atoms. The first-order chi connectivity index (χ1) is 10.2. The van der Waals surface area contributed by atoms with Crippen LogP contribution in [0.2, 0.25) is 0 Å². The lowest BCUT2D eigenvalue weighted by atomic mass is 9.60. The van der Waals surface area contributed by atoms with Gasteiger partial charge in [0.1, 0.15) is 12.1 Å². The van der Waals surface area contributed by atoms with Gasteiger partial charge in [0.25, 0.3) is 0 Å². The first kappa shape index (κ1) is 12.9. The van der Waals surface area contributed by atoms with Gasteiger partial charge in [-0.15, -0.1) is 0 Å². The van der Waals surface area contributed by atoms with Crippen molar-refractivity contribution in [2.24, 2.45) is 22.6 Å². The summed E-state index contributed by atoms with van der Waals surface area (Å²) >= 11 is 0. The zero-order valence-corrected chi connectivity index (χ0v) is 12.3. The highest BCUT2D eigenvalue weighted by Gasteiger charge is 2.51. The van der Waals surface area contributed by atoms with Crippen molar-refractivity contribution in [2.75, 3.05) is 18.6 Å². The highest BCUT2D eigenvalue weighted by Crippen LogP contribution is 2.51. The molecular weight excluding hydrogens is 266 g/mol. The number of ether oxygens (including phenoxy) is 1. The Morgan fingerprint density at radius 2 is 2.10 bits per heavy atom. The van der Waals surface area contributed by atoms with Crippen molar-refractivity contribution in [3.63, 3.8) is 0 Å². The van der Waals surface area contributed by atoms with Crippen LogP contribution >= 0.6 is 0 Å². The molecule has 5 rings (SSSR count). The molecule has 1 aliphatic heterocycles. The number of hydrogen-bond acceptors (Lipinski definition) is 6. The average Bonchev–Trinajstić information content (AvgIpc) is 2.84. The summed E-state index contributed by atoms with van der Waals surface area (Å²) in [5.41, 5.74) is 6.23. The van der Waals surface area contributed by atoms with Gasteiger partial charge >= 0.3 is 0 Å². The SMILES string of the molecule is COc1cc(N2CC3(CC4CCC3CC4)N=C2N)ncn1. The Kier molecular flexibility index (Phi) is 2.80. The van der Waals surface area contributed by atoms with Gasteiger partial charge in [-0.3, -0.25) is 4.90 Å². The van der Waals surface area contributed by atoms with Gasteiger partial charge in [-0.05, 0) is 31.1 Å². The summed E-state index contributed by atoms with van der Waals surface area (Å²) in [6.45, 7) is 0.847. The van der Waals surface area contributed by atoms with Gasteiger partial charge < -0.3 is 10.5 Å². The Bertz CT molecular complexity index is 581. The maximum atomic E-state index is 6.21. The maximum Gasteiger partial charge on any atom is 0.218 e. The molecule has 0 radical (unpaired) electrons. The van der Waals surface area contributed by atoms with E-state index in [9.17, 15) is 0 Å². The molecule has 4 aliphatic rings. The summed E-state index contributed by atoms with van der Waals surface area (Å²) in [5.74, 6) is 3.42. The van der Waals surface area contributed by atoms with Gasteiger partial charge in [-0.2, -0.15) is 0 Å². The number of nitrogens with zero attached hydrogens (tertiary/aromatic N) is 4. The molecule has 1 unspecified atom stereocenters. The second-order valence-corrected chi connectivity index (χ2v) is 6.50. The molecule has 1 aromatic rings. The zero-order valence-electron chi connectivity index (χ0n) is 12.3. The number of aromatic nitrogens is 2. The summed E-state index contributed by atoms with van der Waals surface area (Å²) in [6, 6.07) is 1.82. The van der Waals surface area contributed by atoms with Crippen LogP contribution in [0, 0.1) is 11.8 Å². The highest BCUT2D eigenvalue weighted by molar-refractivity contribution is 5.96. The minimum atomic E-state index is 0.0173. The Morgan fingerprint density at radius 1 is 1.29 bits per heavy atom. The van der Waals surface area contributed by atoms with Crippen LogP contribution in [0.1, 0.15) is 32.1 Å². The van der Waals surface area contributed by atoms with Crippen LogP contribution in [-0.2, 0) is 0 Å². The molecule has 3 fully saturated rings. The van der Waals surface area contributed by atoms with Crippen LogP contribution in [0.15, 0.2) is 17.4 Å². The van der Waals surface area contributed by atoms with E-state index in [0.29, 0.717) is 17.8 Å². The van der Waals surface area contributed by atoms with Crippen molar-refractivity contribution in [3.8, 4) is 5.88 Å². The zero-order chi connectivity index (χ0) is 14.4. The molecule has 1 spiro atoms. The third kappa shape index (κ3) is 1.96. The number of fused-ring (bicyclic) bond motifs is 2. The van der Waals surface area contributed by atoms with Crippen molar-refractivity contribution < 1.29 is 4.74 Å². The third-order valence-electron chi connectivity index (χ3n) is 5.41. The van der Waals surface area contributed by atoms with Gasteiger partial charge in [0, 0.05) is 6.07 Å². The average molecular weight is 287 g/mol. The van der Waals surface area contributed by atoms with E-state index in [-0.39, 0.29) is 5.54 Å². The summed E-state index contributed by atoms with van der Waals surface area (Å²) in [6.07, 6.45) is 8.01. The monoisotopic (exact) mass is 287 g/mol. The Morgan fingerprint density at radius 3 is 2.76 bits per heavy atom. The summed E-state index contributed by atoms with van der Waals surface area (Å²) in [5, 5.41) is 0. The van der Waals surface area contributed by atoms with E-state index in [1.165, 1.54) is 38.4 Å². The van der Waals surface area contributed by atoms with Gasteiger partial charge in [-0.25, -0.2) is 15.0 Å². The predicted octanol–water partition coefficient (Wildman–Crippen LogP) is 1.57. The van der Waals surface area contributed by atoms with E-state index >= 15 is 0 Å². The second kappa shape index (κ2) is 4.58. The van der Waals surface area contributed by atoms with E-state index in [0.717, 1.165) is 18.3 Å². The van der Waals surface area contributed by atoms with Gasteiger partial charge in [0.05, 0.1) is 19.2 Å². The predicted molar refractivity (Wildman–Crippen MR) is 80.3 cm³/mol. The lowest BCUT2D eigenvalue weighted by molar-refractivity contribution is 0.0829. The molecule has 21 heavy (non-hydrogen) atoms. The number of aliphatic imine (C=N–C) groups is 1. The quantitative estimate of drug-likeness (QED) is 0.893. The fraction of sp³-hybridized carbons (Fsp3) is 0.667. The van der Waals surface area contributed by atoms with Crippen LogP contribution < -0.4 is 15.4 Å². The Hall–Kier alpha value is -1.85. The molecule has 0 saturated heterocycles. The van der Waals surface area contributed by atoms with Crippen molar-refractivity contribution in [3.05, 3.63) is 12.4 Å². The Balaban J connectivity index is 1.63. The van der Waals surface area contributed by atoms with Crippen molar-refractivity contribution >= 4 is 11.8 Å². The van der Waals surface area contributed by atoms with E-state index in [1.54, 1.807) is 7.11 Å². The number of guanidine groups is 1. The smallest absolute Gasteiger partial charge is 0.218 e. The van der Waals surface area contributed by atoms with Crippen LogP contribution in [0.5, 0.6) is 5.88 Å². The lowest BCUT2D eigenvalue weighted by Gasteiger charge is -2.47. The second-order valence-electron chi connectivity index (χ2n) is 6.50. The molecular formula is C15H21N5O. The molecule has 112 valence electrons. The Labute approximate surface area is 124 Å². The van der Waals surface area contributed by atoms with Crippen LogP contribution in [0.4, 0.5) is 5.82 Å². The number of hydrogen-bond donors (Lipinski definition) is 1. The number of anilines is 1. The van der Waals surface area contributed by atoms with Crippen LogP contribution in [0.3, 0.4) is 0 Å². The number of methoxy groups -OCH3 is 1.